The van der Waals surface area contributed by atoms with Crippen LogP contribution in [0.15, 0.2) is 82.7 Å². The summed E-state index contributed by atoms with van der Waals surface area (Å²) in [7, 11) is -2.13. The Labute approximate surface area is 234 Å². The van der Waals surface area contributed by atoms with Gasteiger partial charge in [0, 0.05) is 31.3 Å². The number of methoxy groups -OCH3 is 1. The van der Waals surface area contributed by atoms with Crippen molar-refractivity contribution >= 4 is 33.5 Å². The summed E-state index contributed by atoms with van der Waals surface area (Å²) in [6, 6.07) is 20.7. The second kappa shape index (κ2) is 13.2. The number of sulfone groups is 1. The quantitative estimate of drug-likeness (QED) is 0.223. The van der Waals surface area contributed by atoms with E-state index < -0.39 is 27.6 Å². The number of aliphatic imine (C=N–C) groups is 1. The molecule has 210 valence electrons. The van der Waals surface area contributed by atoms with Gasteiger partial charge in [0.1, 0.15) is 5.84 Å². The Balaban J connectivity index is 1.74. The maximum absolute atomic E-state index is 13.2. The molecule has 0 radical (unpaired) electrons. The smallest absolute Gasteiger partial charge is 0.435 e. The first-order valence-electron chi connectivity index (χ1n) is 12.6. The van der Waals surface area contributed by atoms with Crippen LogP contribution in [0, 0.1) is 5.92 Å². The predicted molar refractivity (Wildman–Crippen MR) is 154 cm³/mol. The molecule has 0 heterocycles. The molecule has 0 aliphatic carbocycles. The van der Waals surface area contributed by atoms with E-state index in [0.717, 1.165) is 22.9 Å². The number of nitrogens with zero attached hydrogens (tertiary/aromatic N) is 2. The molecule has 9 nitrogen and oxygen atoms in total. The first kappa shape index (κ1) is 30.2. The Morgan fingerprint density at radius 3 is 2.23 bits per heavy atom. The van der Waals surface area contributed by atoms with Gasteiger partial charge in [-0.2, -0.15) is 4.99 Å². The molecule has 0 aromatic heterocycles. The number of rotatable bonds is 10. The van der Waals surface area contributed by atoms with Crippen molar-refractivity contribution in [2.75, 3.05) is 19.9 Å². The van der Waals surface area contributed by atoms with Gasteiger partial charge < -0.3 is 15.4 Å². The van der Waals surface area contributed by atoms with Crippen molar-refractivity contribution < 1.29 is 27.5 Å². The Kier molecular flexibility index (Phi) is 9.95. The van der Waals surface area contributed by atoms with Crippen molar-refractivity contribution in [2.24, 2.45) is 16.6 Å². The monoisotopic (exact) mass is 563 g/mol. The molecule has 0 aliphatic rings. The van der Waals surface area contributed by atoms with Gasteiger partial charge in [0.05, 0.1) is 12.0 Å². The number of hydrogen-bond acceptors (Lipinski definition) is 6. The molecule has 0 aliphatic heterocycles. The molecule has 3 aromatic carbocycles. The molecule has 40 heavy (non-hydrogen) atoms. The molecule has 3 rings (SSSR count). The normalized spacial score (nSPS) is 11.8. The number of carbonyl (C=O) groups excluding carboxylic acids is 3. The minimum absolute atomic E-state index is 0.0157. The van der Waals surface area contributed by atoms with Gasteiger partial charge in [-0.3, -0.25) is 9.59 Å². The van der Waals surface area contributed by atoms with Crippen LogP contribution in [0.4, 0.5) is 4.79 Å². The number of nitrogens with two attached hydrogens (primary N) is 1. The van der Waals surface area contributed by atoms with E-state index in [9.17, 15) is 22.8 Å². The highest BCUT2D eigenvalue weighted by Crippen LogP contribution is 2.23. The lowest BCUT2D eigenvalue weighted by Gasteiger charge is -2.24. The van der Waals surface area contributed by atoms with Crippen molar-refractivity contribution in [3.8, 4) is 11.1 Å². The molecule has 3 aromatic rings. The van der Waals surface area contributed by atoms with Crippen LogP contribution in [-0.2, 0) is 37.1 Å². The summed E-state index contributed by atoms with van der Waals surface area (Å²) in [5.41, 5.74) is 9.32. The standard InChI is InChI=1S/C30H33N3O6S/c1-20(2)18-33(19-22-7-5-9-25(15-22)28(31)32-30(36)39-3)29(35)27(34)16-21-11-13-23(14-12-21)24-8-6-10-26(17-24)40(4,37)38/h5-15,17,20H,16,18-19H2,1-4H3,(H2,31,32,36). The highest BCUT2D eigenvalue weighted by atomic mass is 32.2. The number of amidine groups is 1. The third-order valence-corrected chi connectivity index (χ3v) is 7.12. The van der Waals surface area contributed by atoms with Gasteiger partial charge >= 0.3 is 6.09 Å². The molecule has 2 N–H and O–H groups in total. The highest BCUT2D eigenvalue weighted by Gasteiger charge is 2.23. The first-order valence-corrected chi connectivity index (χ1v) is 14.5. The molecular formula is C30H33N3O6S. The summed E-state index contributed by atoms with van der Waals surface area (Å²) in [5, 5.41) is 0. The minimum Gasteiger partial charge on any atom is -0.451 e. The molecule has 0 spiro atoms. The number of carbonyl (C=O) groups is 3. The fourth-order valence-corrected chi connectivity index (χ4v) is 4.74. The Morgan fingerprint density at radius 2 is 1.60 bits per heavy atom. The fourth-order valence-electron chi connectivity index (χ4n) is 4.08. The summed E-state index contributed by atoms with van der Waals surface area (Å²) in [6.45, 7) is 4.47. The first-order chi connectivity index (χ1) is 18.9. The summed E-state index contributed by atoms with van der Waals surface area (Å²) >= 11 is 0. The second-order valence-corrected chi connectivity index (χ2v) is 11.9. The van der Waals surface area contributed by atoms with E-state index in [0.29, 0.717) is 17.7 Å². The lowest BCUT2D eigenvalue weighted by molar-refractivity contribution is -0.145. The molecule has 2 amide bonds. The molecule has 0 fully saturated rings. The van der Waals surface area contributed by atoms with E-state index in [2.05, 4.69) is 9.73 Å². The third kappa shape index (κ3) is 8.34. The van der Waals surface area contributed by atoms with Crippen LogP contribution in [-0.4, -0.2) is 56.8 Å². The highest BCUT2D eigenvalue weighted by molar-refractivity contribution is 7.90. The van der Waals surface area contributed by atoms with Crippen LogP contribution in [0.5, 0.6) is 0 Å². The lowest BCUT2D eigenvalue weighted by atomic mass is 10.0. The third-order valence-electron chi connectivity index (χ3n) is 6.01. The van der Waals surface area contributed by atoms with Crippen molar-refractivity contribution in [3.05, 3.63) is 89.5 Å². The van der Waals surface area contributed by atoms with Gasteiger partial charge in [-0.25, -0.2) is 13.2 Å². The number of Topliss-reactive ketones (excluding diaryl/α,β-unsaturated/α-hetero) is 1. The van der Waals surface area contributed by atoms with E-state index in [1.54, 1.807) is 66.7 Å². The SMILES string of the molecule is COC(=O)/N=C(\N)c1cccc(CN(CC(C)C)C(=O)C(=O)Cc2ccc(-c3cccc(S(C)(=O)=O)c3)cc2)c1. The molecule has 0 unspecified atom stereocenters. The maximum Gasteiger partial charge on any atom is 0.435 e. The van der Waals surface area contributed by atoms with E-state index in [4.69, 9.17) is 5.73 Å². The zero-order chi connectivity index (χ0) is 29.4. The Bertz CT molecular complexity index is 1530. The van der Waals surface area contributed by atoms with E-state index in [1.165, 1.54) is 12.0 Å². The van der Waals surface area contributed by atoms with Gasteiger partial charge in [0.2, 0.25) is 5.78 Å². The molecule has 0 atom stereocenters. The maximum atomic E-state index is 13.2. The summed E-state index contributed by atoms with van der Waals surface area (Å²) in [6.07, 6.45) is 0.266. The molecular weight excluding hydrogens is 530 g/mol. The molecule has 0 saturated carbocycles. The van der Waals surface area contributed by atoms with E-state index >= 15 is 0 Å². The fraction of sp³-hybridized carbons (Fsp3) is 0.267. The topological polar surface area (TPSA) is 136 Å². The Hall–Kier alpha value is -4.31. The summed E-state index contributed by atoms with van der Waals surface area (Å²) < 4.78 is 28.3. The average Bonchev–Trinajstić information content (AvgIpc) is 2.92. The van der Waals surface area contributed by atoms with Crippen LogP contribution in [0.3, 0.4) is 0 Å². The zero-order valence-corrected chi connectivity index (χ0v) is 23.8. The molecule has 0 bridgehead atoms. The van der Waals surface area contributed by atoms with Crippen LogP contribution in [0.2, 0.25) is 0 Å². The zero-order valence-electron chi connectivity index (χ0n) is 23.0. The number of benzene rings is 3. The largest absolute Gasteiger partial charge is 0.451 e. The van der Waals surface area contributed by atoms with Gasteiger partial charge in [-0.1, -0.05) is 68.4 Å². The van der Waals surface area contributed by atoms with Gasteiger partial charge in [0.15, 0.2) is 9.84 Å². The van der Waals surface area contributed by atoms with Crippen molar-refractivity contribution in [3.63, 3.8) is 0 Å². The van der Waals surface area contributed by atoms with Crippen LogP contribution in [0.25, 0.3) is 11.1 Å². The van der Waals surface area contributed by atoms with E-state index in [1.807, 2.05) is 19.9 Å². The van der Waals surface area contributed by atoms with Gasteiger partial charge in [0.25, 0.3) is 5.91 Å². The van der Waals surface area contributed by atoms with Gasteiger partial charge in [-0.15, -0.1) is 0 Å². The van der Waals surface area contributed by atoms with Crippen LogP contribution < -0.4 is 5.73 Å². The van der Waals surface area contributed by atoms with Crippen LogP contribution in [0.1, 0.15) is 30.5 Å². The molecule has 10 heteroatoms. The lowest BCUT2D eigenvalue weighted by Crippen LogP contribution is -2.39. The number of amides is 2. The summed E-state index contributed by atoms with van der Waals surface area (Å²) in [5.74, 6) is -1.04. The number of hydrogen-bond donors (Lipinski definition) is 1. The van der Waals surface area contributed by atoms with E-state index in [-0.39, 0.29) is 29.6 Å². The molecule has 0 saturated heterocycles. The Morgan fingerprint density at radius 1 is 0.925 bits per heavy atom. The minimum atomic E-state index is -3.34. The van der Waals surface area contributed by atoms with Crippen LogP contribution >= 0.6 is 0 Å². The number of ketones is 1. The van der Waals surface area contributed by atoms with Crippen molar-refractivity contribution in [2.45, 2.75) is 31.7 Å². The average molecular weight is 564 g/mol. The second-order valence-electron chi connectivity index (χ2n) is 9.84. The summed E-state index contributed by atoms with van der Waals surface area (Å²) in [4.78, 5) is 43.1. The van der Waals surface area contributed by atoms with Crippen molar-refractivity contribution in [1.82, 2.24) is 4.90 Å². The predicted octanol–water partition coefficient (Wildman–Crippen LogP) is 4.03. The van der Waals surface area contributed by atoms with Crippen molar-refractivity contribution in [1.29, 1.82) is 0 Å². The number of ether oxygens (including phenoxy) is 1. The van der Waals surface area contributed by atoms with Gasteiger partial charge in [-0.05, 0) is 46.4 Å².